The number of aromatic nitrogens is 2. The van der Waals surface area contributed by atoms with Gasteiger partial charge in [-0.2, -0.15) is 0 Å². The number of rotatable bonds is 6. The van der Waals surface area contributed by atoms with Gasteiger partial charge in [0.15, 0.2) is 5.69 Å². The van der Waals surface area contributed by atoms with E-state index in [0.717, 1.165) is 26.0 Å². The molecule has 0 amide bonds. The average molecular weight is 198 g/mol. The lowest BCUT2D eigenvalue weighted by Gasteiger charge is -2.00. The van der Waals surface area contributed by atoms with Crippen molar-refractivity contribution in [2.45, 2.75) is 19.4 Å². The van der Waals surface area contributed by atoms with Gasteiger partial charge < -0.3 is 14.4 Å². The fourth-order valence-electron chi connectivity index (χ4n) is 1.13. The summed E-state index contributed by atoms with van der Waals surface area (Å²) in [6.07, 6.45) is 5.01. The van der Waals surface area contributed by atoms with Gasteiger partial charge in [-0.1, -0.05) is 0 Å². The fraction of sp³-hybridized carbons (Fsp3) is 0.556. The molecule has 0 aliphatic heterocycles. The summed E-state index contributed by atoms with van der Waals surface area (Å²) in [5, 5.41) is 8.61. The van der Waals surface area contributed by atoms with Gasteiger partial charge in [0.1, 0.15) is 0 Å². The van der Waals surface area contributed by atoms with E-state index in [1.165, 1.54) is 12.5 Å². The Labute approximate surface area is 82.3 Å². The molecule has 1 N–H and O–H groups in total. The maximum atomic E-state index is 10.5. The summed E-state index contributed by atoms with van der Waals surface area (Å²) in [6.45, 7) is 1.52. The summed E-state index contributed by atoms with van der Waals surface area (Å²) in [4.78, 5) is 14.2. The Balaban J connectivity index is 2.33. The molecule has 1 heterocycles. The molecule has 0 unspecified atom stereocenters. The molecule has 0 aliphatic carbocycles. The third kappa shape index (κ3) is 3.18. The number of unbranched alkanes of at least 4 members (excludes halogenated alkanes) is 1. The van der Waals surface area contributed by atoms with Crippen LogP contribution in [0.25, 0.3) is 0 Å². The molecule has 0 bridgehead atoms. The van der Waals surface area contributed by atoms with E-state index in [1.807, 2.05) is 0 Å². The summed E-state index contributed by atoms with van der Waals surface area (Å²) in [6, 6.07) is 0. The molecule has 0 saturated heterocycles. The van der Waals surface area contributed by atoms with Crippen molar-refractivity contribution < 1.29 is 14.6 Å². The first-order chi connectivity index (χ1) is 6.74. The quantitative estimate of drug-likeness (QED) is 0.693. The van der Waals surface area contributed by atoms with Crippen LogP contribution >= 0.6 is 0 Å². The Morgan fingerprint density at radius 1 is 1.64 bits per heavy atom. The number of carbonyl (C=O) groups is 1. The third-order valence-electron chi connectivity index (χ3n) is 1.87. The van der Waals surface area contributed by atoms with Crippen molar-refractivity contribution in [1.82, 2.24) is 9.55 Å². The van der Waals surface area contributed by atoms with E-state index in [2.05, 4.69) is 4.98 Å². The van der Waals surface area contributed by atoms with Gasteiger partial charge in [0.2, 0.25) is 0 Å². The molecule has 78 valence electrons. The molecule has 0 atom stereocenters. The molecule has 1 rings (SSSR count). The SMILES string of the molecule is COCCCCn1cnc(C(=O)O)c1. The summed E-state index contributed by atoms with van der Waals surface area (Å²) in [5.74, 6) is -0.986. The summed E-state index contributed by atoms with van der Waals surface area (Å²) in [7, 11) is 1.67. The predicted molar refractivity (Wildman–Crippen MR) is 50.3 cm³/mol. The number of carboxylic acids is 1. The van der Waals surface area contributed by atoms with Crippen LogP contribution in [0.15, 0.2) is 12.5 Å². The highest BCUT2D eigenvalue weighted by molar-refractivity contribution is 5.84. The first kappa shape index (κ1) is 10.7. The van der Waals surface area contributed by atoms with Gasteiger partial charge in [-0.05, 0) is 12.8 Å². The van der Waals surface area contributed by atoms with E-state index in [0.29, 0.717) is 0 Å². The summed E-state index contributed by atoms with van der Waals surface area (Å²) in [5.41, 5.74) is 0.0942. The zero-order valence-corrected chi connectivity index (χ0v) is 8.14. The van der Waals surface area contributed by atoms with Crippen molar-refractivity contribution >= 4 is 5.97 Å². The van der Waals surface area contributed by atoms with Gasteiger partial charge >= 0.3 is 5.97 Å². The Kier molecular flexibility index (Phi) is 4.12. The van der Waals surface area contributed by atoms with Crippen LogP contribution < -0.4 is 0 Å². The average Bonchev–Trinajstić information content (AvgIpc) is 2.61. The topological polar surface area (TPSA) is 64.4 Å². The zero-order chi connectivity index (χ0) is 10.4. The Bertz CT molecular complexity index is 296. The van der Waals surface area contributed by atoms with Crippen molar-refractivity contribution in [3.63, 3.8) is 0 Å². The molecule has 0 saturated carbocycles. The van der Waals surface area contributed by atoms with Gasteiger partial charge in [-0.25, -0.2) is 9.78 Å². The predicted octanol–water partition coefficient (Wildman–Crippen LogP) is 1.01. The summed E-state index contributed by atoms with van der Waals surface area (Å²) >= 11 is 0. The number of aromatic carboxylic acids is 1. The van der Waals surface area contributed by atoms with Crippen LogP contribution in [-0.4, -0.2) is 34.3 Å². The first-order valence-electron chi connectivity index (χ1n) is 4.48. The summed E-state index contributed by atoms with van der Waals surface area (Å²) < 4.78 is 6.68. The number of hydrogen-bond acceptors (Lipinski definition) is 3. The minimum absolute atomic E-state index is 0.0942. The van der Waals surface area contributed by atoms with Gasteiger partial charge in [0, 0.05) is 26.5 Å². The molecule has 5 nitrogen and oxygen atoms in total. The van der Waals surface area contributed by atoms with E-state index >= 15 is 0 Å². The van der Waals surface area contributed by atoms with Crippen LogP contribution in [0.2, 0.25) is 0 Å². The van der Waals surface area contributed by atoms with Crippen LogP contribution in [0.1, 0.15) is 23.3 Å². The molecule has 1 aromatic rings. The normalized spacial score (nSPS) is 10.4. The highest BCUT2D eigenvalue weighted by Gasteiger charge is 2.05. The van der Waals surface area contributed by atoms with Crippen LogP contribution in [-0.2, 0) is 11.3 Å². The number of hydrogen-bond donors (Lipinski definition) is 1. The maximum Gasteiger partial charge on any atom is 0.356 e. The third-order valence-corrected chi connectivity index (χ3v) is 1.87. The smallest absolute Gasteiger partial charge is 0.356 e. The van der Waals surface area contributed by atoms with E-state index in [9.17, 15) is 4.79 Å². The van der Waals surface area contributed by atoms with Gasteiger partial charge in [-0.3, -0.25) is 0 Å². The van der Waals surface area contributed by atoms with Crippen molar-refractivity contribution in [3.05, 3.63) is 18.2 Å². The monoisotopic (exact) mass is 198 g/mol. The molecule has 0 aromatic carbocycles. The van der Waals surface area contributed by atoms with E-state index < -0.39 is 5.97 Å². The molecule has 5 heteroatoms. The molecule has 1 aromatic heterocycles. The van der Waals surface area contributed by atoms with Crippen LogP contribution in [0, 0.1) is 0 Å². The maximum absolute atomic E-state index is 10.5. The van der Waals surface area contributed by atoms with Crippen LogP contribution in [0.4, 0.5) is 0 Å². The number of methoxy groups -OCH3 is 1. The number of ether oxygens (including phenoxy) is 1. The van der Waals surface area contributed by atoms with Crippen molar-refractivity contribution in [3.8, 4) is 0 Å². The lowest BCUT2D eigenvalue weighted by Crippen LogP contribution is -1.98. The van der Waals surface area contributed by atoms with Crippen molar-refractivity contribution in [2.24, 2.45) is 0 Å². The Hall–Kier alpha value is -1.36. The van der Waals surface area contributed by atoms with Crippen molar-refractivity contribution in [1.29, 1.82) is 0 Å². The van der Waals surface area contributed by atoms with E-state index in [4.69, 9.17) is 9.84 Å². The standard InChI is InChI=1S/C9H14N2O3/c1-14-5-3-2-4-11-6-8(9(12)13)10-7-11/h6-7H,2-5H2,1H3,(H,12,13). The van der Waals surface area contributed by atoms with Crippen molar-refractivity contribution in [2.75, 3.05) is 13.7 Å². The van der Waals surface area contributed by atoms with E-state index in [1.54, 1.807) is 11.7 Å². The molecular formula is C9H14N2O3. The zero-order valence-electron chi connectivity index (χ0n) is 8.14. The number of imidazole rings is 1. The Morgan fingerprint density at radius 3 is 3.00 bits per heavy atom. The lowest BCUT2D eigenvalue weighted by molar-refractivity contribution is 0.0691. The highest BCUT2D eigenvalue weighted by atomic mass is 16.5. The fourth-order valence-corrected chi connectivity index (χ4v) is 1.13. The molecule has 0 spiro atoms. The second-order valence-corrected chi connectivity index (χ2v) is 3.00. The second-order valence-electron chi connectivity index (χ2n) is 3.00. The number of aryl methyl sites for hydroxylation is 1. The first-order valence-corrected chi connectivity index (χ1v) is 4.48. The number of nitrogens with zero attached hydrogens (tertiary/aromatic N) is 2. The molecule has 0 radical (unpaired) electrons. The lowest BCUT2D eigenvalue weighted by atomic mass is 10.3. The van der Waals surface area contributed by atoms with Crippen LogP contribution in [0.5, 0.6) is 0 Å². The van der Waals surface area contributed by atoms with Crippen LogP contribution in [0.3, 0.4) is 0 Å². The Morgan fingerprint density at radius 2 is 2.43 bits per heavy atom. The largest absolute Gasteiger partial charge is 0.476 e. The highest BCUT2D eigenvalue weighted by Crippen LogP contribution is 1.99. The van der Waals surface area contributed by atoms with Gasteiger partial charge in [0.05, 0.1) is 6.33 Å². The molecule has 0 fully saturated rings. The minimum Gasteiger partial charge on any atom is -0.476 e. The second kappa shape index (κ2) is 5.39. The molecular weight excluding hydrogens is 184 g/mol. The molecule has 14 heavy (non-hydrogen) atoms. The van der Waals surface area contributed by atoms with Gasteiger partial charge in [-0.15, -0.1) is 0 Å². The van der Waals surface area contributed by atoms with Gasteiger partial charge in [0.25, 0.3) is 0 Å². The number of carboxylic acid groups (broad SMARTS) is 1. The minimum atomic E-state index is -0.986. The molecule has 0 aliphatic rings. The van der Waals surface area contributed by atoms with E-state index in [-0.39, 0.29) is 5.69 Å².